The number of halogens is 1. The van der Waals surface area contributed by atoms with E-state index >= 15 is 0 Å². The fourth-order valence-corrected chi connectivity index (χ4v) is 2.51. The maximum atomic E-state index is 6.06. The Kier molecular flexibility index (Phi) is 2.60. The van der Waals surface area contributed by atoms with Gasteiger partial charge in [-0.15, -0.1) is 0 Å². The minimum absolute atomic E-state index is 0.757. The first-order chi connectivity index (χ1) is 8.66. The van der Waals surface area contributed by atoms with Crippen LogP contribution in [0.25, 0.3) is 22.2 Å². The van der Waals surface area contributed by atoms with Crippen molar-refractivity contribution in [2.75, 3.05) is 0 Å². The fourth-order valence-electron chi connectivity index (χ4n) is 2.32. The first-order valence-corrected chi connectivity index (χ1v) is 6.21. The maximum absolute atomic E-state index is 6.06. The Morgan fingerprint density at radius 1 is 1.17 bits per heavy atom. The molecule has 2 heterocycles. The van der Waals surface area contributed by atoms with Gasteiger partial charge in [0.1, 0.15) is 0 Å². The zero-order valence-electron chi connectivity index (χ0n) is 10.3. The van der Waals surface area contributed by atoms with E-state index in [2.05, 4.69) is 28.7 Å². The van der Waals surface area contributed by atoms with Gasteiger partial charge in [-0.1, -0.05) is 23.7 Å². The van der Waals surface area contributed by atoms with Gasteiger partial charge in [0.2, 0.25) is 0 Å². The van der Waals surface area contributed by atoms with Crippen molar-refractivity contribution in [2.45, 2.75) is 6.92 Å². The van der Waals surface area contributed by atoms with Crippen molar-refractivity contribution >= 4 is 22.5 Å². The van der Waals surface area contributed by atoms with E-state index in [-0.39, 0.29) is 0 Å². The minimum Gasteiger partial charge on any atom is -0.344 e. The molecular weight excluding hydrogens is 244 g/mol. The predicted octanol–water partition coefficient (Wildman–Crippen LogP) is 4.20. The highest BCUT2D eigenvalue weighted by molar-refractivity contribution is 6.30. The molecule has 0 saturated carbocycles. The highest BCUT2D eigenvalue weighted by Gasteiger charge is 2.09. The smallest absolute Gasteiger partial charge is 0.0516 e. The van der Waals surface area contributed by atoms with Gasteiger partial charge in [0.15, 0.2) is 0 Å². The molecule has 18 heavy (non-hydrogen) atoms. The summed E-state index contributed by atoms with van der Waals surface area (Å²) in [7, 11) is 2.07. The summed E-state index contributed by atoms with van der Waals surface area (Å²) < 4.78 is 2.18. The number of hydrogen-bond acceptors (Lipinski definition) is 1. The van der Waals surface area contributed by atoms with Crippen LogP contribution < -0.4 is 0 Å². The second-order valence-corrected chi connectivity index (χ2v) is 4.86. The van der Waals surface area contributed by atoms with Crippen molar-refractivity contribution in [2.24, 2.45) is 7.05 Å². The number of fused-ring (bicyclic) bond motifs is 1. The summed E-state index contributed by atoms with van der Waals surface area (Å²) in [5.41, 5.74) is 4.53. The molecule has 90 valence electrons. The number of hydrogen-bond donors (Lipinski definition) is 0. The summed E-state index contributed by atoms with van der Waals surface area (Å²) in [6.07, 6.45) is 1.85. The average Bonchev–Trinajstić information content (AvgIpc) is 2.69. The Morgan fingerprint density at radius 2 is 2.00 bits per heavy atom. The third-order valence-corrected chi connectivity index (χ3v) is 3.53. The molecule has 0 fully saturated rings. The van der Waals surface area contributed by atoms with Crippen LogP contribution in [0.5, 0.6) is 0 Å². The molecule has 3 rings (SSSR count). The molecule has 0 aliphatic heterocycles. The number of benzene rings is 1. The van der Waals surface area contributed by atoms with Gasteiger partial charge in [0.25, 0.3) is 0 Å². The van der Waals surface area contributed by atoms with Gasteiger partial charge >= 0.3 is 0 Å². The van der Waals surface area contributed by atoms with Crippen molar-refractivity contribution in [3.05, 3.63) is 53.3 Å². The summed E-state index contributed by atoms with van der Waals surface area (Å²) in [5.74, 6) is 0. The SMILES string of the molecule is Cc1nccc2c1cc(-c1cccc(Cl)c1)n2C. The third-order valence-electron chi connectivity index (χ3n) is 3.29. The summed E-state index contributed by atoms with van der Waals surface area (Å²) in [5, 5.41) is 1.95. The largest absolute Gasteiger partial charge is 0.344 e. The van der Waals surface area contributed by atoms with Crippen LogP contribution in [0.2, 0.25) is 5.02 Å². The summed E-state index contributed by atoms with van der Waals surface area (Å²) in [6.45, 7) is 2.03. The standard InChI is InChI=1S/C15H13ClN2/c1-10-13-9-15(11-4-3-5-12(16)8-11)18(2)14(13)6-7-17-10/h3-9H,1-2H3. The molecule has 2 nitrogen and oxygen atoms in total. The van der Waals surface area contributed by atoms with Crippen molar-refractivity contribution in [1.82, 2.24) is 9.55 Å². The van der Waals surface area contributed by atoms with Gasteiger partial charge in [-0.05, 0) is 36.8 Å². The lowest BCUT2D eigenvalue weighted by Crippen LogP contribution is -1.91. The van der Waals surface area contributed by atoms with Crippen molar-refractivity contribution in [3.8, 4) is 11.3 Å². The molecule has 0 atom stereocenters. The second kappa shape index (κ2) is 4.14. The number of pyridine rings is 1. The lowest BCUT2D eigenvalue weighted by molar-refractivity contribution is 0.976. The minimum atomic E-state index is 0.757. The number of nitrogens with zero attached hydrogens (tertiary/aromatic N) is 2. The van der Waals surface area contributed by atoms with E-state index in [1.807, 2.05) is 37.4 Å². The van der Waals surface area contributed by atoms with Crippen LogP contribution in [0.4, 0.5) is 0 Å². The zero-order valence-corrected chi connectivity index (χ0v) is 11.1. The predicted molar refractivity (Wildman–Crippen MR) is 75.9 cm³/mol. The molecule has 0 saturated heterocycles. The molecule has 0 aliphatic carbocycles. The van der Waals surface area contributed by atoms with Crippen molar-refractivity contribution < 1.29 is 0 Å². The van der Waals surface area contributed by atoms with Crippen LogP contribution in [0, 0.1) is 6.92 Å². The lowest BCUT2D eigenvalue weighted by atomic mass is 10.1. The van der Waals surface area contributed by atoms with E-state index in [9.17, 15) is 0 Å². The molecule has 0 radical (unpaired) electrons. The molecule has 2 aromatic heterocycles. The molecule has 0 N–H and O–H groups in total. The highest BCUT2D eigenvalue weighted by Crippen LogP contribution is 2.29. The van der Waals surface area contributed by atoms with Crippen LogP contribution in [-0.4, -0.2) is 9.55 Å². The highest BCUT2D eigenvalue weighted by atomic mass is 35.5. The van der Waals surface area contributed by atoms with E-state index in [4.69, 9.17) is 11.6 Å². The Labute approximate surface area is 111 Å². The summed E-state index contributed by atoms with van der Waals surface area (Å²) in [6, 6.07) is 12.1. The summed E-state index contributed by atoms with van der Waals surface area (Å²) in [4.78, 5) is 4.33. The topological polar surface area (TPSA) is 17.8 Å². The molecule has 0 unspecified atom stereocenters. The number of aromatic nitrogens is 2. The third kappa shape index (κ3) is 1.70. The molecule has 0 bridgehead atoms. The van der Waals surface area contributed by atoms with Crippen LogP contribution in [-0.2, 0) is 7.05 Å². The first-order valence-electron chi connectivity index (χ1n) is 5.84. The Hall–Kier alpha value is -1.80. The zero-order chi connectivity index (χ0) is 12.7. The monoisotopic (exact) mass is 256 g/mol. The first kappa shape index (κ1) is 11.3. The quantitative estimate of drug-likeness (QED) is 0.638. The van der Waals surface area contributed by atoms with Crippen molar-refractivity contribution in [1.29, 1.82) is 0 Å². The van der Waals surface area contributed by atoms with E-state index in [1.54, 1.807) is 0 Å². The average molecular weight is 257 g/mol. The van der Waals surface area contributed by atoms with Crippen LogP contribution in [0.3, 0.4) is 0 Å². The van der Waals surface area contributed by atoms with Gasteiger partial charge in [0, 0.05) is 35.0 Å². The van der Waals surface area contributed by atoms with E-state index < -0.39 is 0 Å². The molecule has 0 aliphatic rings. The normalized spacial score (nSPS) is 11.1. The molecule has 0 amide bonds. The Morgan fingerprint density at radius 3 is 2.72 bits per heavy atom. The summed E-state index contributed by atoms with van der Waals surface area (Å²) >= 11 is 6.06. The van der Waals surface area contributed by atoms with Crippen molar-refractivity contribution in [3.63, 3.8) is 0 Å². The number of aryl methyl sites for hydroxylation is 2. The molecular formula is C15H13ClN2. The van der Waals surface area contributed by atoms with Gasteiger partial charge in [0.05, 0.1) is 5.52 Å². The van der Waals surface area contributed by atoms with Gasteiger partial charge in [-0.3, -0.25) is 4.98 Å². The number of rotatable bonds is 1. The fraction of sp³-hybridized carbons (Fsp3) is 0.133. The lowest BCUT2D eigenvalue weighted by Gasteiger charge is -2.04. The molecule has 3 aromatic rings. The molecule has 1 aromatic carbocycles. The van der Waals surface area contributed by atoms with E-state index in [0.29, 0.717) is 0 Å². The Bertz CT molecular complexity index is 728. The second-order valence-electron chi connectivity index (χ2n) is 4.43. The van der Waals surface area contributed by atoms with E-state index in [0.717, 1.165) is 22.0 Å². The van der Waals surface area contributed by atoms with Gasteiger partial charge in [-0.2, -0.15) is 0 Å². The molecule has 3 heteroatoms. The van der Waals surface area contributed by atoms with Crippen LogP contribution >= 0.6 is 11.6 Å². The van der Waals surface area contributed by atoms with E-state index in [1.165, 1.54) is 10.9 Å². The molecule has 0 spiro atoms. The van der Waals surface area contributed by atoms with Crippen LogP contribution in [0.1, 0.15) is 5.69 Å². The maximum Gasteiger partial charge on any atom is 0.0516 e. The van der Waals surface area contributed by atoms with Crippen LogP contribution in [0.15, 0.2) is 42.6 Å². The van der Waals surface area contributed by atoms with Gasteiger partial charge in [-0.25, -0.2) is 0 Å². The van der Waals surface area contributed by atoms with Gasteiger partial charge < -0.3 is 4.57 Å². The Balaban J connectivity index is 2.30.